The molecule has 8 nitrogen and oxygen atoms in total. The smallest absolute Gasteiger partial charge is 0.264 e. The number of ether oxygens (including phenoxy) is 2. The number of nitrogens with zero attached hydrogens (tertiary/aromatic N) is 4. The summed E-state index contributed by atoms with van der Waals surface area (Å²) in [6, 6.07) is 9.46. The molecule has 1 spiro atoms. The van der Waals surface area contributed by atoms with Crippen LogP contribution in [0.15, 0.2) is 41.7 Å². The number of nitriles is 1. The molecule has 0 bridgehead atoms. The number of hydrogen-bond donors (Lipinski definition) is 1. The topological polar surface area (TPSA) is 114 Å². The molecule has 4 heterocycles. The predicted molar refractivity (Wildman–Crippen MR) is 104 cm³/mol. The first-order chi connectivity index (χ1) is 14.0. The summed E-state index contributed by atoms with van der Waals surface area (Å²) in [7, 11) is 1.62. The van der Waals surface area contributed by atoms with Crippen molar-refractivity contribution in [3.05, 3.63) is 47.8 Å². The van der Waals surface area contributed by atoms with E-state index < -0.39 is 11.6 Å². The fourth-order valence-corrected chi connectivity index (χ4v) is 4.37. The quantitative estimate of drug-likeness (QED) is 0.791. The van der Waals surface area contributed by atoms with Gasteiger partial charge in [0.25, 0.3) is 5.91 Å². The zero-order valence-electron chi connectivity index (χ0n) is 15.8. The number of amides is 1. The lowest BCUT2D eigenvalue weighted by molar-refractivity contribution is -0.151. The van der Waals surface area contributed by atoms with E-state index in [0.29, 0.717) is 23.5 Å². The van der Waals surface area contributed by atoms with E-state index in [1.54, 1.807) is 19.3 Å². The van der Waals surface area contributed by atoms with Crippen molar-refractivity contribution in [3.8, 4) is 22.9 Å². The largest absolute Gasteiger partial charge is 0.487 e. The second-order valence-electron chi connectivity index (χ2n) is 7.48. The van der Waals surface area contributed by atoms with Gasteiger partial charge in [0.2, 0.25) is 5.54 Å². The highest BCUT2D eigenvalue weighted by atomic mass is 16.5. The summed E-state index contributed by atoms with van der Waals surface area (Å²) in [5, 5.41) is 9.18. The number of guanidine groups is 1. The van der Waals surface area contributed by atoms with Crippen molar-refractivity contribution in [1.29, 1.82) is 5.26 Å². The first-order valence-corrected chi connectivity index (χ1v) is 9.46. The highest BCUT2D eigenvalue weighted by molar-refractivity contribution is 6.08. The Morgan fingerprint density at radius 3 is 2.93 bits per heavy atom. The molecule has 0 radical (unpaired) electrons. The van der Waals surface area contributed by atoms with Crippen molar-refractivity contribution in [2.45, 2.75) is 30.6 Å². The molecule has 1 amide bonds. The highest BCUT2D eigenvalue weighted by Gasteiger charge is 2.61. The average molecular weight is 389 g/mol. The van der Waals surface area contributed by atoms with Crippen molar-refractivity contribution in [3.63, 3.8) is 0 Å². The number of hydrogen-bond acceptors (Lipinski definition) is 7. The minimum absolute atomic E-state index is 0.161. The molecule has 8 heteroatoms. The molecule has 3 atom stereocenters. The van der Waals surface area contributed by atoms with Crippen LogP contribution in [-0.4, -0.2) is 47.6 Å². The Morgan fingerprint density at radius 1 is 1.31 bits per heavy atom. The zero-order valence-corrected chi connectivity index (χ0v) is 15.8. The van der Waals surface area contributed by atoms with Gasteiger partial charge in [-0.1, -0.05) is 6.07 Å². The van der Waals surface area contributed by atoms with Gasteiger partial charge in [0, 0.05) is 37.2 Å². The van der Waals surface area contributed by atoms with Crippen LogP contribution in [0.2, 0.25) is 0 Å². The van der Waals surface area contributed by atoms with Crippen LogP contribution in [0.1, 0.15) is 24.0 Å². The van der Waals surface area contributed by atoms with Gasteiger partial charge in [-0.2, -0.15) is 5.26 Å². The molecule has 2 aromatic rings. The molecule has 2 N–H and O–H groups in total. The van der Waals surface area contributed by atoms with Crippen LogP contribution in [0.3, 0.4) is 0 Å². The number of carbonyl (C=O) groups is 1. The van der Waals surface area contributed by atoms with E-state index in [9.17, 15) is 10.1 Å². The summed E-state index contributed by atoms with van der Waals surface area (Å²) >= 11 is 0. The van der Waals surface area contributed by atoms with Crippen LogP contribution in [-0.2, 0) is 15.1 Å². The number of fused-ring (bicyclic) bond motifs is 4. The molecule has 1 aromatic carbocycles. The maximum Gasteiger partial charge on any atom is 0.264 e. The molecule has 0 saturated carbocycles. The van der Waals surface area contributed by atoms with Gasteiger partial charge < -0.3 is 15.2 Å². The van der Waals surface area contributed by atoms with Crippen LogP contribution in [0.25, 0.3) is 11.1 Å². The zero-order chi connectivity index (χ0) is 20.2. The van der Waals surface area contributed by atoms with E-state index in [1.807, 2.05) is 18.2 Å². The lowest BCUT2D eigenvalue weighted by Gasteiger charge is -2.45. The van der Waals surface area contributed by atoms with Crippen LogP contribution < -0.4 is 10.5 Å². The number of pyridine rings is 1. The van der Waals surface area contributed by atoms with Crippen LogP contribution in [0.5, 0.6) is 5.75 Å². The van der Waals surface area contributed by atoms with E-state index in [4.69, 9.17) is 15.2 Å². The van der Waals surface area contributed by atoms with E-state index in [0.717, 1.165) is 24.0 Å². The predicted octanol–water partition coefficient (Wildman–Crippen LogP) is 1.54. The monoisotopic (exact) mass is 389 g/mol. The number of nitrogens with two attached hydrogens (primary N) is 1. The molecule has 3 aliphatic heterocycles. The van der Waals surface area contributed by atoms with Crippen molar-refractivity contribution in [2.24, 2.45) is 10.7 Å². The van der Waals surface area contributed by atoms with Gasteiger partial charge in [-0.25, -0.2) is 4.99 Å². The standard InChI is InChI=1S/C21H19N5O3/c1-26-19(27)21(25-20(26)23)15-8-13(14-7-12(9-22)10-24-11-14)4-5-16(15)29-17-3-2-6-28-18(17)21/h4-5,7-8,10-11,17-18H,2-3,6H2,1H3,(H2,23,25)/t17?,18-,21-/m0/s1. The Morgan fingerprint density at radius 2 is 2.17 bits per heavy atom. The number of likely N-dealkylation sites (N-methyl/N-ethyl adjacent to an activating group) is 1. The number of aromatic nitrogens is 1. The van der Waals surface area contributed by atoms with Crippen molar-refractivity contribution in [2.75, 3.05) is 13.7 Å². The van der Waals surface area contributed by atoms with Gasteiger partial charge in [0.1, 0.15) is 24.0 Å². The Hall–Kier alpha value is -3.44. The van der Waals surface area contributed by atoms with Gasteiger partial charge in [-0.3, -0.25) is 14.7 Å². The van der Waals surface area contributed by atoms with Crippen LogP contribution >= 0.6 is 0 Å². The lowest BCUT2D eigenvalue weighted by Crippen LogP contribution is -2.58. The Bertz CT molecular complexity index is 1090. The SMILES string of the molecule is CN1C(=O)[C@]2(N=C1N)c1cc(-c3cncc(C#N)c3)ccc1OC1CCCO[C@@H]12. The number of carbonyl (C=O) groups excluding carboxylic acids is 1. The summed E-state index contributed by atoms with van der Waals surface area (Å²) in [6.45, 7) is 0.544. The molecular weight excluding hydrogens is 370 g/mol. The third-order valence-corrected chi connectivity index (χ3v) is 5.81. The molecule has 0 aliphatic carbocycles. The average Bonchev–Trinajstić information content (AvgIpc) is 2.98. The molecule has 5 rings (SSSR count). The lowest BCUT2D eigenvalue weighted by atomic mass is 9.76. The Labute approximate surface area is 167 Å². The number of aliphatic imine (C=N–C) groups is 1. The maximum absolute atomic E-state index is 13.4. The fourth-order valence-electron chi connectivity index (χ4n) is 4.37. The van der Waals surface area contributed by atoms with Crippen molar-refractivity contribution >= 4 is 11.9 Å². The number of benzene rings is 1. The van der Waals surface area contributed by atoms with E-state index >= 15 is 0 Å². The maximum atomic E-state index is 13.4. The van der Waals surface area contributed by atoms with Gasteiger partial charge in [0.05, 0.1) is 5.56 Å². The molecular formula is C21H19N5O3. The molecule has 1 fully saturated rings. The normalized spacial score (nSPS) is 27.7. The third kappa shape index (κ3) is 2.44. The molecule has 3 aliphatic rings. The third-order valence-electron chi connectivity index (χ3n) is 5.81. The Kier molecular flexibility index (Phi) is 3.83. The summed E-state index contributed by atoms with van der Waals surface area (Å²) < 4.78 is 12.2. The first-order valence-electron chi connectivity index (χ1n) is 9.46. The van der Waals surface area contributed by atoms with Gasteiger partial charge >= 0.3 is 0 Å². The van der Waals surface area contributed by atoms with Gasteiger partial charge in [-0.15, -0.1) is 0 Å². The molecule has 1 aromatic heterocycles. The van der Waals surface area contributed by atoms with Crippen molar-refractivity contribution < 1.29 is 14.3 Å². The second-order valence-corrected chi connectivity index (χ2v) is 7.48. The molecule has 1 unspecified atom stereocenters. The summed E-state index contributed by atoms with van der Waals surface area (Å²) in [5.74, 6) is 0.539. The van der Waals surface area contributed by atoms with E-state index in [1.165, 1.54) is 11.1 Å². The van der Waals surface area contributed by atoms with Crippen LogP contribution in [0.4, 0.5) is 0 Å². The van der Waals surface area contributed by atoms with Crippen LogP contribution in [0, 0.1) is 11.3 Å². The summed E-state index contributed by atoms with van der Waals surface area (Å²) in [4.78, 5) is 23.5. The minimum atomic E-state index is -1.27. The van der Waals surface area contributed by atoms with Crippen molar-refractivity contribution in [1.82, 2.24) is 9.88 Å². The number of rotatable bonds is 1. The first kappa shape index (κ1) is 17.6. The molecule has 146 valence electrons. The highest BCUT2D eigenvalue weighted by Crippen LogP contribution is 2.49. The molecule has 29 heavy (non-hydrogen) atoms. The summed E-state index contributed by atoms with van der Waals surface area (Å²) in [6.07, 6.45) is 4.03. The van der Waals surface area contributed by atoms with E-state index in [2.05, 4.69) is 16.0 Å². The summed E-state index contributed by atoms with van der Waals surface area (Å²) in [5.41, 5.74) is 7.44. The minimum Gasteiger partial charge on any atom is -0.487 e. The van der Waals surface area contributed by atoms with E-state index in [-0.39, 0.29) is 18.0 Å². The molecule has 1 saturated heterocycles. The Balaban J connectivity index is 1.72. The van der Waals surface area contributed by atoms with Gasteiger partial charge in [0.15, 0.2) is 5.96 Å². The van der Waals surface area contributed by atoms with Gasteiger partial charge in [-0.05, 0) is 36.6 Å². The second kappa shape index (κ2) is 6.29. The fraction of sp³-hybridized carbons (Fsp3) is 0.333.